The number of nitrogens with zero attached hydrogens (tertiary/aromatic N) is 1. The Balaban J connectivity index is 1.79. The molecule has 15 heavy (non-hydrogen) atoms. The zero-order valence-electron chi connectivity index (χ0n) is 9.58. The van der Waals surface area contributed by atoms with E-state index in [1.165, 1.54) is 57.9 Å². The maximum atomic E-state index is 5.65. The van der Waals surface area contributed by atoms with Gasteiger partial charge in [0.1, 0.15) is 0 Å². The molecular weight excluding hydrogens is 185 g/mol. The molecule has 1 aliphatic carbocycles. The molecule has 0 bridgehead atoms. The fourth-order valence-electron chi connectivity index (χ4n) is 3.86. The summed E-state index contributed by atoms with van der Waals surface area (Å²) < 4.78 is 5.65. The Morgan fingerprint density at radius 2 is 1.93 bits per heavy atom. The molecule has 2 heterocycles. The third kappa shape index (κ3) is 1.64. The Morgan fingerprint density at radius 3 is 2.80 bits per heavy atom. The van der Waals surface area contributed by atoms with Gasteiger partial charge < -0.3 is 9.47 Å². The molecule has 2 nitrogen and oxygen atoms in total. The molecule has 1 radical (unpaired) electrons. The van der Waals surface area contributed by atoms with E-state index >= 15 is 0 Å². The molecule has 3 aliphatic rings. The van der Waals surface area contributed by atoms with Crippen molar-refractivity contribution in [2.75, 3.05) is 13.2 Å². The van der Waals surface area contributed by atoms with Crippen molar-refractivity contribution in [1.82, 2.24) is 4.81 Å². The molecule has 0 aromatic rings. The van der Waals surface area contributed by atoms with Gasteiger partial charge in [0.05, 0.1) is 0 Å². The second kappa shape index (κ2) is 4.10. The minimum absolute atomic E-state index is 0.415. The lowest BCUT2D eigenvalue weighted by atomic mass is 9.69. The Labute approximate surface area is 93.7 Å². The molecule has 3 rings (SSSR count). The van der Waals surface area contributed by atoms with Crippen molar-refractivity contribution in [3.8, 4) is 0 Å². The Bertz CT molecular complexity index is 230. The highest BCUT2D eigenvalue weighted by Crippen LogP contribution is 2.44. The van der Waals surface area contributed by atoms with Crippen LogP contribution in [0.4, 0.5) is 0 Å². The second-order valence-electron chi connectivity index (χ2n) is 5.51. The molecule has 0 N–H and O–H groups in total. The van der Waals surface area contributed by atoms with Crippen molar-refractivity contribution >= 4 is 7.62 Å². The standard InChI is InChI=1S/C12H21BNO/c1-2-6-11(7-3-1)12-8-4-5-9-14(12)13-15-10-12/h11H,1-10H2. The first-order valence-corrected chi connectivity index (χ1v) is 6.63. The van der Waals surface area contributed by atoms with E-state index in [1.807, 2.05) is 7.62 Å². The van der Waals surface area contributed by atoms with E-state index in [0.717, 1.165) is 12.5 Å². The van der Waals surface area contributed by atoms with Crippen molar-refractivity contribution in [3.63, 3.8) is 0 Å². The van der Waals surface area contributed by atoms with Gasteiger partial charge in [0, 0.05) is 12.1 Å². The van der Waals surface area contributed by atoms with Crippen LogP contribution in [0.3, 0.4) is 0 Å². The van der Waals surface area contributed by atoms with E-state index in [0.29, 0.717) is 5.54 Å². The number of fused-ring (bicyclic) bond motifs is 1. The lowest BCUT2D eigenvalue weighted by molar-refractivity contribution is 0.0475. The molecular formula is C12H21BNO. The van der Waals surface area contributed by atoms with Gasteiger partial charge in [-0.3, -0.25) is 0 Å². The van der Waals surface area contributed by atoms with Crippen molar-refractivity contribution in [3.05, 3.63) is 0 Å². The number of rotatable bonds is 1. The van der Waals surface area contributed by atoms with Crippen LogP contribution in [0.2, 0.25) is 0 Å². The van der Waals surface area contributed by atoms with E-state index in [2.05, 4.69) is 4.81 Å². The third-order valence-corrected chi connectivity index (χ3v) is 4.73. The first kappa shape index (κ1) is 10.2. The van der Waals surface area contributed by atoms with Gasteiger partial charge in [0.2, 0.25) is 0 Å². The van der Waals surface area contributed by atoms with Crippen molar-refractivity contribution in [2.24, 2.45) is 5.92 Å². The van der Waals surface area contributed by atoms with Gasteiger partial charge in [-0.05, 0) is 38.1 Å². The highest BCUT2D eigenvalue weighted by atomic mass is 16.4. The highest BCUT2D eigenvalue weighted by Gasteiger charge is 2.49. The Hall–Kier alpha value is -0.0151. The second-order valence-corrected chi connectivity index (χ2v) is 5.51. The predicted molar refractivity (Wildman–Crippen MR) is 61.6 cm³/mol. The third-order valence-electron chi connectivity index (χ3n) is 4.73. The fourth-order valence-corrected chi connectivity index (χ4v) is 3.86. The Kier molecular flexibility index (Phi) is 2.78. The minimum Gasteiger partial charge on any atom is -0.422 e. The fraction of sp³-hybridized carbons (Fsp3) is 1.00. The van der Waals surface area contributed by atoms with Crippen LogP contribution in [-0.4, -0.2) is 31.1 Å². The SMILES string of the molecule is [B]1OCC2(C3CCCCC3)CCCCN12. The molecule has 1 saturated carbocycles. The zero-order valence-corrected chi connectivity index (χ0v) is 9.58. The van der Waals surface area contributed by atoms with Crippen LogP contribution in [0.15, 0.2) is 0 Å². The van der Waals surface area contributed by atoms with Gasteiger partial charge >= 0.3 is 7.62 Å². The van der Waals surface area contributed by atoms with Crippen molar-refractivity contribution in [1.29, 1.82) is 0 Å². The summed E-state index contributed by atoms with van der Waals surface area (Å²) in [7, 11) is 2.02. The zero-order chi connectivity index (χ0) is 10.1. The summed E-state index contributed by atoms with van der Waals surface area (Å²) in [5, 5.41) is 0. The molecule has 0 amide bonds. The van der Waals surface area contributed by atoms with Gasteiger partial charge in [-0.25, -0.2) is 0 Å². The molecule has 3 heteroatoms. The first-order chi connectivity index (χ1) is 7.42. The van der Waals surface area contributed by atoms with Gasteiger partial charge in [-0.2, -0.15) is 0 Å². The summed E-state index contributed by atoms with van der Waals surface area (Å²) in [6.45, 7) is 2.20. The van der Waals surface area contributed by atoms with E-state index in [4.69, 9.17) is 4.65 Å². The van der Waals surface area contributed by atoms with E-state index < -0.39 is 0 Å². The maximum absolute atomic E-state index is 5.65. The topological polar surface area (TPSA) is 12.5 Å². The van der Waals surface area contributed by atoms with E-state index in [1.54, 1.807) is 0 Å². The van der Waals surface area contributed by atoms with Crippen LogP contribution < -0.4 is 0 Å². The largest absolute Gasteiger partial charge is 0.422 e. The van der Waals surface area contributed by atoms with Gasteiger partial charge in [-0.1, -0.05) is 25.7 Å². The lowest BCUT2D eigenvalue weighted by Gasteiger charge is -2.48. The number of piperidine rings is 1. The van der Waals surface area contributed by atoms with Gasteiger partial charge in [-0.15, -0.1) is 0 Å². The summed E-state index contributed by atoms with van der Waals surface area (Å²) in [5.41, 5.74) is 0.415. The molecule has 0 aromatic carbocycles. The monoisotopic (exact) mass is 206 g/mol. The van der Waals surface area contributed by atoms with Crippen molar-refractivity contribution in [2.45, 2.75) is 56.9 Å². The minimum atomic E-state index is 0.415. The van der Waals surface area contributed by atoms with Gasteiger partial charge in [0.25, 0.3) is 0 Å². The number of hydrogen-bond donors (Lipinski definition) is 0. The Morgan fingerprint density at radius 1 is 1.07 bits per heavy atom. The average Bonchev–Trinajstić information content (AvgIpc) is 2.75. The molecule has 1 atom stereocenters. The summed E-state index contributed by atoms with van der Waals surface area (Å²) in [5.74, 6) is 0.908. The first-order valence-electron chi connectivity index (χ1n) is 6.63. The van der Waals surface area contributed by atoms with Crippen LogP contribution in [-0.2, 0) is 4.65 Å². The van der Waals surface area contributed by atoms with E-state index in [-0.39, 0.29) is 0 Å². The molecule has 0 aromatic heterocycles. The van der Waals surface area contributed by atoms with E-state index in [9.17, 15) is 0 Å². The van der Waals surface area contributed by atoms with Crippen LogP contribution in [0.25, 0.3) is 0 Å². The molecule has 0 spiro atoms. The summed E-state index contributed by atoms with van der Waals surface area (Å²) >= 11 is 0. The quantitative estimate of drug-likeness (QED) is 0.610. The smallest absolute Gasteiger partial charge is 0.399 e. The lowest BCUT2D eigenvalue weighted by Crippen LogP contribution is -2.55. The summed E-state index contributed by atoms with van der Waals surface area (Å²) in [4.78, 5) is 2.53. The molecule has 3 fully saturated rings. The molecule has 1 unspecified atom stereocenters. The molecule has 83 valence electrons. The summed E-state index contributed by atoms with van der Waals surface area (Å²) in [6.07, 6.45) is 11.4. The normalized spacial score (nSPS) is 38.7. The van der Waals surface area contributed by atoms with Gasteiger partial charge in [0.15, 0.2) is 0 Å². The summed E-state index contributed by atoms with van der Waals surface area (Å²) in [6, 6.07) is 0. The average molecular weight is 206 g/mol. The number of hydrogen-bond acceptors (Lipinski definition) is 2. The molecule has 2 saturated heterocycles. The van der Waals surface area contributed by atoms with Crippen LogP contribution in [0, 0.1) is 5.92 Å². The highest BCUT2D eigenvalue weighted by molar-refractivity contribution is 6.24. The van der Waals surface area contributed by atoms with Crippen LogP contribution in [0.1, 0.15) is 51.4 Å². The van der Waals surface area contributed by atoms with Crippen LogP contribution >= 0.6 is 0 Å². The van der Waals surface area contributed by atoms with Crippen molar-refractivity contribution < 1.29 is 4.65 Å². The predicted octanol–water partition coefficient (Wildman–Crippen LogP) is 2.36. The van der Waals surface area contributed by atoms with Crippen LogP contribution in [0.5, 0.6) is 0 Å². The maximum Gasteiger partial charge on any atom is 0.399 e. The molecule has 2 aliphatic heterocycles.